The Hall–Kier alpha value is -0.480. The second-order valence-corrected chi connectivity index (χ2v) is 4.16. The Morgan fingerprint density at radius 2 is 2.46 bits per heavy atom. The van der Waals surface area contributed by atoms with Gasteiger partial charge in [0.2, 0.25) is 5.91 Å². The van der Waals surface area contributed by atoms with E-state index in [4.69, 9.17) is 5.73 Å². The molecule has 3 N–H and O–H groups in total. The summed E-state index contributed by atoms with van der Waals surface area (Å²) in [6, 6.07) is 0.0660. The summed E-state index contributed by atoms with van der Waals surface area (Å²) in [6.07, 6.45) is 6.58. The predicted molar refractivity (Wildman–Crippen MR) is 56.6 cm³/mol. The van der Waals surface area contributed by atoms with Gasteiger partial charge in [0.05, 0.1) is 5.92 Å². The molecule has 0 aromatic carbocycles. The van der Waals surface area contributed by atoms with Crippen LogP contribution in [0.4, 0.5) is 0 Å². The van der Waals surface area contributed by atoms with E-state index in [0.717, 1.165) is 18.7 Å². The van der Waals surface area contributed by atoms with Crippen molar-refractivity contribution in [2.75, 3.05) is 18.6 Å². The Kier molecular flexibility index (Phi) is 4.32. The van der Waals surface area contributed by atoms with Crippen LogP contribution in [-0.2, 0) is 4.79 Å². The van der Waals surface area contributed by atoms with Gasteiger partial charge in [-0.25, -0.2) is 0 Å². The van der Waals surface area contributed by atoms with Crippen molar-refractivity contribution < 1.29 is 4.79 Å². The lowest BCUT2D eigenvalue weighted by molar-refractivity contribution is -0.123. The molecule has 1 rings (SSSR count). The molecule has 2 atom stereocenters. The van der Waals surface area contributed by atoms with Crippen LogP contribution in [0.15, 0.2) is 12.2 Å². The number of amides is 1. The average Bonchev–Trinajstić information content (AvgIpc) is 2.52. The largest absolute Gasteiger partial charge is 0.355 e. The van der Waals surface area contributed by atoms with Crippen LogP contribution in [-0.4, -0.2) is 30.5 Å². The molecule has 0 radical (unpaired) electrons. The summed E-state index contributed by atoms with van der Waals surface area (Å²) in [6.45, 7) is 0.750. The second-order valence-electron chi connectivity index (χ2n) is 3.17. The highest BCUT2D eigenvalue weighted by Gasteiger charge is 2.21. The fraction of sp³-hybridized carbons (Fsp3) is 0.667. The summed E-state index contributed by atoms with van der Waals surface area (Å²) in [4.78, 5) is 11.4. The van der Waals surface area contributed by atoms with E-state index in [-0.39, 0.29) is 17.9 Å². The number of hydrogen-bond donors (Lipinski definition) is 2. The van der Waals surface area contributed by atoms with Crippen molar-refractivity contribution in [3.8, 4) is 0 Å². The smallest absolute Gasteiger partial charge is 0.227 e. The van der Waals surface area contributed by atoms with Crippen LogP contribution in [0.2, 0.25) is 0 Å². The molecule has 0 aliphatic heterocycles. The van der Waals surface area contributed by atoms with Gasteiger partial charge in [-0.05, 0) is 12.7 Å². The summed E-state index contributed by atoms with van der Waals surface area (Å²) >= 11 is 1.73. The van der Waals surface area contributed by atoms with Crippen molar-refractivity contribution in [2.45, 2.75) is 12.5 Å². The fourth-order valence-corrected chi connectivity index (χ4v) is 1.64. The summed E-state index contributed by atoms with van der Waals surface area (Å²) in [5.41, 5.74) is 5.65. The van der Waals surface area contributed by atoms with Gasteiger partial charge in [-0.2, -0.15) is 11.8 Å². The molecule has 3 nitrogen and oxygen atoms in total. The third kappa shape index (κ3) is 3.40. The Balaban J connectivity index is 2.21. The quantitative estimate of drug-likeness (QED) is 0.509. The number of carbonyl (C=O) groups is 1. The van der Waals surface area contributed by atoms with E-state index in [2.05, 4.69) is 5.32 Å². The van der Waals surface area contributed by atoms with Crippen LogP contribution in [0.5, 0.6) is 0 Å². The molecule has 1 aliphatic carbocycles. The Labute approximate surface area is 83.1 Å². The lowest BCUT2D eigenvalue weighted by Gasteiger charge is -2.09. The van der Waals surface area contributed by atoms with Crippen LogP contribution < -0.4 is 11.1 Å². The highest BCUT2D eigenvalue weighted by molar-refractivity contribution is 7.98. The number of hydrogen-bond acceptors (Lipinski definition) is 3. The minimum atomic E-state index is -0.00291. The molecule has 74 valence electrons. The Bertz CT molecular complexity index is 206. The summed E-state index contributed by atoms with van der Waals surface area (Å²) in [7, 11) is 0. The highest BCUT2D eigenvalue weighted by atomic mass is 32.2. The van der Waals surface area contributed by atoms with Gasteiger partial charge >= 0.3 is 0 Å². The second kappa shape index (κ2) is 5.29. The number of carbonyl (C=O) groups excluding carboxylic acids is 1. The monoisotopic (exact) mass is 200 g/mol. The van der Waals surface area contributed by atoms with Crippen LogP contribution in [0.25, 0.3) is 0 Å². The standard InChI is InChI=1S/C9H16N2OS/c1-13-5-4-11-9(12)7-2-3-8(10)6-7/h2-3,7-8H,4-6,10H2,1H3,(H,11,12). The highest BCUT2D eigenvalue weighted by Crippen LogP contribution is 2.15. The third-order valence-corrected chi connectivity index (χ3v) is 2.67. The molecule has 0 aromatic heterocycles. The Morgan fingerprint density at radius 1 is 1.69 bits per heavy atom. The molecule has 2 unspecified atom stereocenters. The number of nitrogens with one attached hydrogen (secondary N) is 1. The van der Waals surface area contributed by atoms with Crippen molar-refractivity contribution in [1.29, 1.82) is 0 Å². The SMILES string of the molecule is CSCCNC(=O)C1C=CC(N)C1. The van der Waals surface area contributed by atoms with Gasteiger partial charge in [0.15, 0.2) is 0 Å². The normalized spacial score (nSPS) is 26.3. The van der Waals surface area contributed by atoms with E-state index in [1.54, 1.807) is 11.8 Å². The zero-order valence-electron chi connectivity index (χ0n) is 7.82. The molecule has 0 saturated carbocycles. The first-order chi connectivity index (χ1) is 6.24. The van der Waals surface area contributed by atoms with Crippen molar-refractivity contribution in [2.24, 2.45) is 11.7 Å². The van der Waals surface area contributed by atoms with Crippen LogP contribution in [0, 0.1) is 5.92 Å². The maximum atomic E-state index is 11.4. The van der Waals surface area contributed by atoms with E-state index >= 15 is 0 Å². The lowest BCUT2D eigenvalue weighted by Crippen LogP contribution is -2.32. The molecule has 13 heavy (non-hydrogen) atoms. The molecule has 4 heteroatoms. The van der Waals surface area contributed by atoms with Gasteiger partial charge in [-0.3, -0.25) is 4.79 Å². The number of nitrogens with two attached hydrogens (primary N) is 1. The number of thioether (sulfide) groups is 1. The van der Waals surface area contributed by atoms with Crippen molar-refractivity contribution in [3.05, 3.63) is 12.2 Å². The molecule has 0 spiro atoms. The molecule has 1 aliphatic rings. The Morgan fingerprint density at radius 3 is 3.00 bits per heavy atom. The maximum absolute atomic E-state index is 11.4. The fourth-order valence-electron chi connectivity index (χ4n) is 1.33. The average molecular weight is 200 g/mol. The molecular weight excluding hydrogens is 184 g/mol. The van der Waals surface area contributed by atoms with Crippen molar-refractivity contribution >= 4 is 17.7 Å². The van der Waals surface area contributed by atoms with Crippen LogP contribution in [0.1, 0.15) is 6.42 Å². The van der Waals surface area contributed by atoms with Gasteiger partial charge in [0.1, 0.15) is 0 Å². The van der Waals surface area contributed by atoms with E-state index in [0.29, 0.717) is 0 Å². The molecule has 0 heterocycles. The van der Waals surface area contributed by atoms with Crippen molar-refractivity contribution in [3.63, 3.8) is 0 Å². The van der Waals surface area contributed by atoms with Crippen LogP contribution >= 0.6 is 11.8 Å². The zero-order chi connectivity index (χ0) is 9.68. The topological polar surface area (TPSA) is 55.1 Å². The molecule has 1 amide bonds. The zero-order valence-corrected chi connectivity index (χ0v) is 8.64. The van der Waals surface area contributed by atoms with E-state index < -0.39 is 0 Å². The number of rotatable bonds is 4. The lowest BCUT2D eigenvalue weighted by atomic mass is 10.1. The predicted octanol–water partition coefficient (Wildman–Crippen LogP) is 0.369. The summed E-state index contributed by atoms with van der Waals surface area (Å²) in [5, 5.41) is 2.88. The van der Waals surface area contributed by atoms with Gasteiger partial charge in [-0.1, -0.05) is 12.2 Å². The summed E-state index contributed by atoms with van der Waals surface area (Å²) in [5.74, 6) is 1.07. The third-order valence-electron chi connectivity index (χ3n) is 2.06. The first kappa shape index (κ1) is 10.6. The molecular formula is C9H16N2OS. The van der Waals surface area contributed by atoms with Crippen LogP contribution in [0.3, 0.4) is 0 Å². The molecule has 0 aromatic rings. The van der Waals surface area contributed by atoms with Gasteiger partial charge < -0.3 is 11.1 Å². The molecule has 0 saturated heterocycles. The summed E-state index contributed by atoms with van der Waals surface area (Å²) < 4.78 is 0. The minimum Gasteiger partial charge on any atom is -0.355 e. The first-order valence-corrected chi connectivity index (χ1v) is 5.84. The van der Waals surface area contributed by atoms with E-state index in [9.17, 15) is 4.79 Å². The first-order valence-electron chi connectivity index (χ1n) is 4.44. The van der Waals surface area contributed by atoms with Crippen molar-refractivity contribution in [1.82, 2.24) is 5.32 Å². The van der Waals surface area contributed by atoms with E-state index in [1.807, 2.05) is 18.4 Å². The van der Waals surface area contributed by atoms with E-state index in [1.165, 1.54) is 0 Å². The minimum absolute atomic E-state index is 0.00291. The van der Waals surface area contributed by atoms with Gasteiger partial charge in [0.25, 0.3) is 0 Å². The maximum Gasteiger partial charge on any atom is 0.227 e. The van der Waals surface area contributed by atoms with Gasteiger partial charge in [0, 0.05) is 18.3 Å². The molecule has 0 bridgehead atoms. The van der Waals surface area contributed by atoms with Gasteiger partial charge in [-0.15, -0.1) is 0 Å². The molecule has 0 fully saturated rings.